The van der Waals surface area contributed by atoms with Gasteiger partial charge in [0.25, 0.3) is 0 Å². The highest BCUT2D eigenvalue weighted by Crippen LogP contribution is 2.32. The van der Waals surface area contributed by atoms with Crippen LogP contribution in [0.25, 0.3) is 0 Å². The van der Waals surface area contributed by atoms with E-state index in [-0.39, 0.29) is 41.1 Å². The smallest absolute Gasteiger partial charge is 0.246 e. The average Bonchev–Trinajstić information content (AvgIpc) is 2.72. The number of benzene rings is 2. The molecule has 1 amide bonds. The molecule has 0 saturated carbocycles. The van der Waals surface area contributed by atoms with Crippen molar-refractivity contribution in [3.63, 3.8) is 0 Å². The van der Waals surface area contributed by atoms with Gasteiger partial charge in [0.1, 0.15) is 10.6 Å². The van der Waals surface area contributed by atoms with E-state index < -0.39 is 33.5 Å². The third kappa shape index (κ3) is 4.91. The van der Waals surface area contributed by atoms with Crippen molar-refractivity contribution >= 4 is 33.2 Å². The number of sulfonamides is 1. The highest BCUT2D eigenvalue weighted by atomic mass is 35.5. The predicted molar refractivity (Wildman–Crippen MR) is 109 cm³/mol. The first-order valence-electron chi connectivity index (χ1n) is 9.40. The van der Waals surface area contributed by atoms with Gasteiger partial charge in [0, 0.05) is 29.9 Å². The number of ether oxygens (including phenoxy) is 1. The molecule has 0 unspecified atom stereocenters. The molecule has 0 radical (unpaired) electrons. The molecule has 10 heteroatoms. The number of carbonyl (C=O) groups excluding carboxylic acids is 1. The normalized spacial score (nSPS) is 17.5. The van der Waals surface area contributed by atoms with E-state index in [9.17, 15) is 22.0 Å². The lowest BCUT2D eigenvalue weighted by Gasteiger charge is -2.31. The molecule has 1 fully saturated rings. The zero-order valence-corrected chi connectivity index (χ0v) is 17.8. The molecular formula is C20H21ClF2N2O4S. The second-order valence-corrected chi connectivity index (χ2v) is 9.19. The molecule has 0 spiro atoms. The van der Waals surface area contributed by atoms with Crippen LogP contribution in [0.2, 0.25) is 5.02 Å². The molecule has 30 heavy (non-hydrogen) atoms. The maximum atomic E-state index is 13.4. The first-order chi connectivity index (χ1) is 14.2. The minimum atomic E-state index is -3.95. The van der Waals surface area contributed by atoms with Crippen molar-refractivity contribution < 1.29 is 26.7 Å². The third-order valence-electron chi connectivity index (χ3n) is 4.77. The number of halogens is 3. The van der Waals surface area contributed by atoms with E-state index in [4.69, 9.17) is 16.3 Å². The minimum absolute atomic E-state index is 0.0457. The van der Waals surface area contributed by atoms with Gasteiger partial charge < -0.3 is 10.1 Å². The lowest BCUT2D eigenvalue weighted by Crippen LogP contribution is -2.43. The van der Waals surface area contributed by atoms with Crippen molar-refractivity contribution in [3.8, 4) is 5.75 Å². The SMILES string of the molecule is CCOc1ccc(Cl)cc1S(=O)(=O)N1CCC[C@@H](C(=O)Nc2ccc(F)c(F)c2)C1. The average molecular weight is 459 g/mol. The Morgan fingerprint density at radius 1 is 1.23 bits per heavy atom. The number of amides is 1. The summed E-state index contributed by atoms with van der Waals surface area (Å²) >= 11 is 6.00. The van der Waals surface area contributed by atoms with Gasteiger partial charge in [-0.25, -0.2) is 17.2 Å². The predicted octanol–water partition coefficient (Wildman–Crippen LogP) is 4.06. The third-order valence-corrected chi connectivity index (χ3v) is 6.89. The number of hydrogen-bond acceptors (Lipinski definition) is 4. The molecule has 1 heterocycles. The van der Waals surface area contributed by atoms with E-state index in [2.05, 4.69) is 5.32 Å². The van der Waals surface area contributed by atoms with Crippen LogP contribution in [0.15, 0.2) is 41.3 Å². The highest BCUT2D eigenvalue weighted by Gasteiger charge is 2.35. The Hall–Kier alpha value is -2.23. The zero-order valence-electron chi connectivity index (χ0n) is 16.2. The van der Waals surface area contributed by atoms with Crippen molar-refractivity contribution in [1.82, 2.24) is 4.31 Å². The molecule has 2 aromatic carbocycles. The lowest BCUT2D eigenvalue weighted by atomic mass is 9.98. The van der Waals surface area contributed by atoms with E-state index in [0.29, 0.717) is 12.8 Å². The van der Waals surface area contributed by atoms with Crippen LogP contribution in [0.4, 0.5) is 14.5 Å². The molecular weight excluding hydrogens is 438 g/mol. The fourth-order valence-corrected chi connectivity index (χ4v) is 5.21. The summed E-state index contributed by atoms with van der Waals surface area (Å²) in [6, 6.07) is 7.40. The van der Waals surface area contributed by atoms with E-state index >= 15 is 0 Å². The van der Waals surface area contributed by atoms with E-state index in [1.54, 1.807) is 13.0 Å². The van der Waals surface area contributed by atoms with Gasteiger partial charge >= 0.3 is 0 Å². The van der Waals surface area contributed by atoms with Gasteiger partial charge in [-0.1, -0.05) is 11.6 Å². The number of carbonyl (C=O) groups is 1. The summed E-state index contributed by atoms with van der Waals surface area (Å²) in [4.78, 5) is 12.5. The van der Waals surface area contributed by atoms with Gasteiger partial charge in [-0.3, -0.25) is 4.79 Å². The number of nitrogens with zero attached hydrogens (tertiary/aromatic N) is 1. The van der Waals surface area contributed by atoms with Crippen LogP contribution in [0.5, 0.6) is 5.75 Å². The fourth-order valence-electron chi connectivity index (χ4n) is 3.29. The number of anilines is 1. The summed E-state index contributed by atoms with van der Waals surface area (Å²) in [6.07, 6.45) is 0.940. The first-order valence-corrected chi connectivity index (χ1v) is 11.2. The van der Waals surface area contributed by atoms with Crippen LogP contribution in [0.3, 0.4) is 0 Å². The largest absolute Gasteiger partial charge is 0.492 e. The van der Waals surface area contributed by atoms with Crippen molar-refractivity contribution in [1.29, 1.82) is 0 Å². The van der Waals surface area contributed by atoms with Gasteiger partial charge in [0.15, 0.2) is 11.6 Å². The Morgan fingerprint density at radius 3 is 2.70 bits per heavy atom. The maximum Gasteiger partial charge on any atom is 0.246 e. The van der Waals surface area contributed by atoms with Crippen molar-refractivity contribution in [2.24, 2.45) is 5.92 Å². The highest BCUT2D eigenvalue weighted by molar-refractivity contribution is 7.89. The Bertz CT molecular complexity index is 1050. The topological polar surface area (TPSA) is 75.7 Å². The molecule has 1 atom stereocenters. The Balaban J connectivity index is 1.79. The van der Waals surface area contributed by atoms with Crippen molar-refractivity contribution in [2.45, 2.75) is 24.7 Å². The molecule has 3 rings (SSSR count). The fraction of sp³-hybridized carbons (Fsp3) is 0.350. The quantitative estimate of drug-likeness (QED) is 0.708. The van der Waals surface area contributed by atoms with Crippen LogP contribution in [0, 0.1) is 17.6 Å². The molecule has 0 aliphatic carbocycles. The molecule has 162 valence electrons. The molecule has 1 saturated heterocycles. The zero-order chi connectivity index (χ0) is 21.9. The summed E-state index contributed by atoms with van der Waals surface area (Å²) in [5, 5.41) is 2.77. The molecule has 1 aliphatic heterocycles. The Labute approximate surface area is 178 Å². The van der Waals surface area contributed by atoms with Crippen LogP contribution in [-0.4, -0.2) is 38.3 Å². The van der Waals surface area contributed by atoms with E-state index in [1.807, 2.05) is 0 Å². The number of rotatable bonds is 6. The number of hydrogen-bond donors (Lipinski definition) is 1. The standard InChI is InChI=1S/C20H21ClF2N2O4S/c1-2-29-18-8-5-14(21)10-19(18)30(27,28)25-9-3-4-13(12-25)20(26)24-15-6-7-16(22)17(23)11-15/h5-8,10-11,13H,2-4,9,12H2,1H3,(H,24,26)/t13-/m1/s1. The number of piperidine rings is 1. The van der Waals surface area contributed by atoms with Gasteiger partial charge in [0.2, 0.25) is 15.9 Å². The molecule has 0 aromatic heterocycles. The molecule has 0 bridgehead atoms. The molecule has 6 nitrogen and oxygen atoms in total. The summed E-state index contributed by atoms with van der Waals surface area (Å²) < 4.78 is 59.5. The van der Waals surface area contributed by atoms with Gasteiger partial charge in [-0.05, 0) is 50.1 Å². The summed E-state index contributed by atoms with van der Waals surface area (Å²) in [7, 11) is -3.95. The van der Waals surface area contributed by atoms with Crippen molar-refractivity contribution in [2.75, 3.05) is 25.0 Å². The van der Waals surface area contributed by atoms with Crippen LogP contribution in [0.1, 0.15) is 19.8 Å². The summed E-state index contributed by atoms with van der Waals surface area (Å²) in [5.41, 5.74) is 0.104. The number of nitrogens with one attached hydrogen (secondary N) is 1. The molecule has 1 aliphatic rings. The second-order valence-electron chi connectivity index (χ2n) is 6.84. The summed E-state index contributed by atoms with van der Waals surface area (Å²) in [6.45, 7) is 2.22. The van der Waals surface area contributed by atoms with Crippen LogP contribution in [-0.2, 0) is 14.8 Å². The van der Waals surface area contributed by atoms with Gasteiger partial charge in [0.05, 0.1) is 12.5 Å². The van der Waals surface area contributed by atoms with Crippen molar-refractivity contribution in [3.05, 3.63) is 53.1 Å². The lowest BCUT2D eigenvalue weighted by molar-refractivity contribution is -0.120. The Kier molecular flexibility index (Phi) is 6.95. The minimum Gasteiger partial charge on any atom is -0.492 e. The van der Waals surface area contributed by atoms with Crippen LogP contribution < -0.4 is 10.1 Å². The first kappa shape index (κ1) is 22.5. The molecule has 2 aromatic rings. The van der Waals surface area contributed by atoms with Gasteiger partial charge in [-0.15, -0.1) is 0 Å². The van der Waals surface area contributed by atoms with E-state index in [1.165, 1.54) is 22.5 Å². The summed E-state index contributed by atoms with van der Waals surface area (Å²) in [5.74, 6) is -3.01. The monoisotopic (exact) mass is 458 g/mol. The second kappa shape index (κ2) is 9.28. The molecule has 1 N–H and O–H groups in total. The Morgan fingerprint density at radius 2 is 2.00 bits per heavy atom. The van der Waals surface area contributed by atoms with E-state index in [0.717, 1.165) is 12.1 Å². The maximum absolute atomic E-state index is 13.4. The van der Waals surface area contributed by atoms with Crippen LogP contribution >= 0.6 is 11.6 Å². The van der Waals surface area contributed by atoms with Gasteiger partial charge in [-0.2, -0.15) is 4.31 Å².